The van der Waals surface area contributed by atoms with Gasteiger partial charge in [0.25, 0.3) is 0 Å². The summed E-state index contributed by atoms with van der Waals surface area (Å²) >= 11 is 0. The van der Waals surface area contributed by atoms with E-state index in [1.807, 2.05) is 0 Å². The summed E-state index contributed by atoms with van der Waals surface area (Å²) in [4.78, 5) is 0. The van der Waals surface area contributed by atoms with Crippen LogP contribution in [0.15, 0.2) is 23.8 Å². The van der Waals surface area contributed by atoms with Gasteiger partial charge in [-0.1, -0.05) is 23.8 Å². The Morgan fingerprint density at radius 2 is 2.25 bits per heavy atom. The molecular weight excluding hydrogens is 148 g/mol. The number of ether oxygens (including phenoxy) is 1. The van der Waals surface area contributed by atoms with E-state index in [-0.39, 0.29) is 5.60 Å². The minimum Gasteiger partial charge on any atom is -0.370 e. The van der Waals surface area contributed by atoms with Gasteiger partial charge in [-0.25, -0.2) is 0 Å². The molecule has 1 aliphatic heterocycles. The Morgan fingerprint density at radius 3 is 2.83 bits per heavy atom. The normalized spacial score (nSPS) is 35.2. The van der Waals surface area contributed by atoms with Gasteiger partial charge in [0.1, 0.15) is 0 Å². The summed E-state index contributed by atoms with van der Waals surface area (Å²) in [6.45, 7) is 3.03. The number of hydrogen-bond acceptors (Lipinski definition) is 1. The van der Waals surface area contributed by atoms with Crippen molar-refractivity contribution < 1.29 is 4.74 Å². The average Bonchev–Trinajstić information content (AvgIpc) is 2.13. The lowest BCUT2D eigenvalue weighted by molar-refractivity contribution is -0.0434. The molecule has 0 aromatic carbocycles. The predicted molar refractivity (Wildman–Crippen MR) is 50.0 cm³/mol. The third-order valence-electron chi connectivity index (χ3n) is 2.94. The molecule has 0 amide bonds. The summed E-state index contributed by atoms with van der Waals surface area (Å²) in [6.07, 6.45) is 11.4. The van der Waals surface area contributed by atoms with Crippen LogP contribution >= 0.6 is 0 Å². The third-order valence-corrected chi connectivity index (χ3v) is 2.94. The molecule has 0 fully saturated rings. The molecule has 1 aliphatic carbocycles. The quantitative estimate of drug-likeness (QED) is 0.500. The third kappa shape index (κ3) is 1.46. The van der Waals surface area contributed by atoms with Gasteiger partial charge < -0.3 is 4.74 Å². The zero-order chi connectivity index (χ0) is 8.44. The summed E-state index contributed by atoms with van der Waals surface area (Å²) in [5.41, 5.74) is 1.70. The highest BCUT2D eigenvalue weighted by molar-refractivity contribution is 5.11. The predicted octanol–water partition coefficient (Wildman–Crippen LogP) is 2.83. The van der Waals surface area contributed by atoms with E-state index in [1.54, 1.807) is 0 Å². The maximum absolute atomic E-state index is 5.82. The summed E-state index contributed by atoms with van der Waals surface area (Å²) in [5, 5.41) is 0. The molecule has 66 valence electrons. The SMILES string of the molecule is CC1=CC[C@@]2(CC=CCO2)CC1. The Bertz CT molecular complexity index is 227. The highest BCUT2D eigenvalue weighted by Crippen LogP contribution is 2.35. The fourth-order valence-electron chi connectivity index (χ4n) is 1.96. The van der Waals surface area contributed by atoms with Crippen LogP contribution < -0.4 is 0 Å². The van der Waals surface area contributed by atoms with Crippen LogP contribution in [0.2, 0.25) is 0 Å². The molecule has 1 nitrogen and oxygen atoms in total. The molecule has 1 spiro atoms. The lowest BCUT2D eigenvalue weighted by Crippen LogP contribution is -2.35. The second-order valence-electron chi connectivity index (χ2n) is 3.92. The zero-order valence-electron chi connectivity index (χ0n) is 7.68. The molecule has 12 heavy (non-hydrogen) atoms. The second-order valence-corrected chi connectivity index (χ2v) is 3.92. The molecule has 2 aliphatic rings. The van der Waals surface area contributed by atoms with Gasteiger partial charge in [-0.2, -0.15) is 0 Å². The van der Waals surface area contributed by atoms with Crippen LogP contribution in [-0.4, -0.2) is 12.2 Å². The standard InChI is InChI=1S/C11H16O/c1-10-4-7-11(8-5-10)6-2-3-9-12-11/h2-4H,5-9H2,1H3/t11-/m0/s1. The lowest BCUT2D eigenvalue weighted by Gasteiger charge is -2.37. The van der Waals surface area contributed by atoms with E-state index in [0.717, 1.165) is 19.4 Å². The maximum Gasteiger partial charge on any atom is 0.0758 e. The molecule has 1 heterocycles. The summed E-state index contributed by atoms with van der Waals surface area (Å²) in [6, 6.07) is 0. The first-order valence-electron chi connectivity index (χ1n) is 4.75. The molecule has 0 bridgehead atoms. The van der Waals surface area contributed by atoms with Crippen molar-refractivity contribution in [2.24, 2.45) is 0 Å². The van der Waals surface area contributed by atoms with Gasteiger partial charge in [0.2, 0.25) is 0 Å². The molecule has 1 heteroatoms. The van der Waals surface area contributed by atoms with Crippen molar-refractivity contribution in [2.75, 3.05) is 6.61 Å². The minimum absolute atomic E-state index is 0.175. The van der Waals surface area contributed by atoms with E-state index in [2.05, 4.69) is 25.2 Å². The van der Waals surface area contributed by atoms with E-state index in [0.29, 0.717) is 0 Å². The molecule has 0 saturated heterocycles. The van der Waals surface area contributed by atoms with Crippen molar-refractivity contribution in [3.63, 3.8) is 0 Å². The first kappa shape index (κ1) is 8.06. The monoisotopic (exact) mass is 164 g/mol. The van der Waals surface area contributed by atoms with Crippen molar-refractivity contribution in [3.8, 4) is 0 Å². The Hall–Kier alpha value is -0.560. The largest absolute Gasteiger partial charge is 0.370 e. The molecule has 0 N–H and O–H groups in total. The smallest absolute Gasteiger partial charge is 0.0758 e. The molecule has 0 aromatic rings. The molecule has 0 saturated carbocycles. The molecular formula is C11H16O. The topological polar surface area (TPSA) is 9.23 Å². The van der Waals surface area contributed by atoms with Crippen LogP contribution in [0.25, 0.3) is 0 Å². The van der Waals surface area contributed by atoms with Gasteiger partial charge in [-0.15, -0.1) is 0 Å². The Morgan fingerprint density at radius 1 is 1.33 bits per heavy atom. The van der Waals surface area contributed by atoms with Gasteiger partial charge in [0.05, 0.1) is 12.2 Å². The Balaban J connectivity index is 2.08. The number of allylic oxidation sites excluding steroid dienone is 1. The van der Waals surface area contributed by atoms with Gasteiger partial charge in [0.15, 0.2) is 0 Å². The lowest BCUT2D eigenvalue weighted by atomic mass is 9.82. The maximum atomic E-state index is 5.82. The fraction of sp³-hybridized carbons (Fsp3) is 0.636. The highest BCUT2D eigenvalue weighted by Gasteiger charge is 2.31. The van der Waals surface area contributed by atoms with Crippen molar-refractivity contribution in [2.45, 2.75) is 38.2 Å². The number of rotatable bonds is 0. The zero-order valence-corrected chi connectivity index (χ0v) is 7.68. The Labute approximate surface area is 74.1 Å². The van der Waals surface area contributed by atoms with Gasteiger partial charge in [-0.05, 0) is 32.6 Å². The van der Waals surface area contributed by atoms with Crippen molar-refractivity contribution in [1.29, 1.82) is 0 Å². The van der Waals surface area contributed by atoms with Crippen LogP contribution in [0.3, 0.4) is 0 Å². The first-order valence-corrected chi connectivity index (χ1v) is 4.75. The molecule has 0 radical (unpaired) electrons. The van der Waals surface area contributed by atoms with E-state index in [4.69, 9.17) is 4.74 Å². The molecule has 0 aromatic heterocycles. The van der Waals surface area contributed by atoms with E-state index >= 15 is 0 Å². The molecule has 0 unspecified atom stereocenters. The minimum atomic E-state index is 0.175. The van der Waals surface area contributed by atoms with Crippen molar-refractivity contribution in [1.82, 2.24) is 0 Å². The second kappa shape index (κ2) is 3.06. The number of hydrogen-bond donors (Lipinski definition) is 0. The van der Waals surface area contributed by atoms with Gasteiger partial charge >= 0.3 is 0 Å². The summed E-state index contributed by atoms with van der Waals surface area (Å²) < 4.78 is 5.82. The van der Waals surface area contributed by atoms with Crippen LogP contribution in [0, 0.1) is 0 Å². The van der Waals surface area contributed by atoms with Crippen LogP contribution in [-0.2, 0) is 4.74 Å². The van der Waals surface area contributed by atoms with Crippen LogP contribution in [0.5, 0.6) is 0 Å². The van der Waals surface area contributed by atoms with Crippen LogP contribution in [0.1, 0.15) is 32.6 Å². The first-order chi connectivity index (χ1) is 5.81. The Kier molecular flexibility index (Phi) is 2.05. The van der Waals surface area contributed by atoms with E-state index < -0.39 is 0 Å². The van der Waals surface area contributed by atoms with E-state index in [1.165, 1.54) is 18.4 Å². The van der Waals surface area contributed by atoms with Gasteiger partial charge in [0, 0.05) is 0 Å². The van der Waals surface area contributed by atoms with Crippen molar-refractivity contribution in [3.05, 3.63) is 23.8 Å². The fourth-order valence-corrected chi connectivity index (χ4v) is 1.96. The van der Waals surface area contributed by atoms with Gasteiger partial charge in [-0.3, -0.25) is 0 Å². The molecule has 1 atom stereocenters. The highest BCUT2D eigenvalue weighted by atomic mass is 16.5. The molecule has 2 rings (SSSR count). The van der Waals surface area contributed by atoms with Crippen molar-refractivity contribution >= 4 is 0 Å². The van der Waals surface area contributed by atoms with E-state index in [9.17, 15) is 0 Å². The summed E-state index contributed by atoms with van der Waals surface area (Å²) in [7, 11) is 0. The average molecular weight is 164 g/mol. The van der Waals surface area contributed by atoms with Crippen LogP contribution in [0.4, 0.5) is 0 Å². The summed E-state index contributed by atoms with van der Waals surface area (Å²) in [5.74, 6) is 0.